The summed E-state index contributed by atoms with van der Waals surface area (Å²) in [5, 5.41) is 3.93. The Morgan fingerprint density at radius 1 is 1.31 bits per heavy atom. The number of carbonyl (C=O) groups is 1. The fourth-order valence-corrected chi connectivity index (χ4v) is 3.14. The lowest BCUT2D eigenvalue weighted by atomic mass is 10.0. The number of halogens is 1. The van der Waals surface area contributed by atoms with Crippen LogP contribution in [0.2, 0.25) is 0 Å². The van der Waals surface area contributed by atoms with Crippen LogP contribution in [0.5, 0.6) is 0 Å². The highest BCUT2D eigenvalue weighted by Gasteiger charge is 2.23. The Balaban J connectivity index is 1.43. The molecule has 0 spiro atoms. The van der Waals surface area contributed by atoms with Crippen LogP contribution in [0.15, 0.2) is 47.2 Å². The summed E-state index contributed by atoms with van der Waals surface area (Å²) in [6.45, 7) is 0.641. The van der Waals surface area contributed by atoms with E-state index in [1.807, 2.05) is 6.07 Å². The maximum Gasteiger partial charge on any atom is 0.227 e. The number of nitrogens with zero attached hydrogens (tertiary/aromatic N) is 4. The van der Waals surface area contributed by atoms with Crippen molar-refractivity contribution in [1.82, 2.24) is 15.1 Å². The molecule has 1 aromatic carbocycles. The van der Waals surface area contributed by atoms with Gasteiger partial charge < -0.3 is 9.42 Å². The van der Waals surface area contributed by atoms with Crippen molar-refractivity contribution in [2.45, 2.75) is 25.7 Å². The zero-order chi connectivity index (χ0) is 17.9. The van der Waals surface area contributed by atoms with Gasteiger partial charge in [-0.1, -0.05) is 5.16 Å². The summed E-state index contributed by atoms with van der Waals surface area (Å²) >= 11 is 0. The lowest BCUT2D eigenvalue weighted by molar-refractivity contribution is -0.118. The Morgan fingerprint density at radius 2 is 2.23 bits per heavy atom. The summed E-state index contributed by atoms with van der Waals surface area (Å²) in [5.41, 5.74) is 2.44. The van der Waals surface area contributed by atoms with E-state index in [0.717, 1.165) is 29.7 Å². The second-order valence-electron chi connectivity index (χ2n) is 6.18. The van der Waals surface area contributed by atoms with Crippen LogP contribution in [-0.2, 0) is 17.6 Å². The fourth-order valence-electron chi connectivity index (χ4n) is 3.14. The highest BCUT2D eigenvalue weighted by atomic mass is 19.1. The van der Waals surface area contributed by atoms with E-state index in [1.165, 1.54) is 12.1 Å². The predicted molar refractivity (Wildman–Crippen MR) is 92.9 cm³/mol. The first-order valence-corrected chi connectivity index (χ1v) is 8.52. The third-order valence-corrected chi connectivity index (χ3v) is 4.40. The van der Waals surface area contributed by atoms with E-state index in [9.17, 15) is 9.18 Å². The molecular formula is C19H17FN4O2. The van der Waals surface area contributed by atoms with Gasteiger partial charge in [-0.15, -0.1) is 0 Å². The molecule has 2 aromatic heterocycles. The third kappa shape index (κ3) is 3.33. The minimum Gasteiger partial charge on any atom is -0.339 e. The topological polar surface area (TPSA) is 72.1 Å². The van der Waals surface area contributed by atoms with Crippen LogP contribution >= 0.6 is 0 Å². The number of benzene rings is 1. The van der Waals surface area contributed by atoms with E-state index in [4.69, 9.17) is 4.52 Å². The molecule has 132 valence electrons. The monoisotopic (exact) mass is 352 g/mol. The first-order valence-electron chi connectivity index (χ1n) is 8.52. The van der Waals surface area contributed by atoms with Gasteiger partial charge in [0.25, 0.3) is 0 Å². The van der Waals surface area contributed by atoms with Gasteiger partial charge in [0.15, 0.2) is 0 Å². The molecular weight excluding hydrogens is 335 g/mol. The highest BCUT2D eigenvalue weighted by molar-refractivity contribution is 5.94. The van der Waals surface area contributed by atoms with E-state index in [2.05, 4.69) is 15.1 Å². The van der Waals surface area contributed by atoms with E-state index in [-0.39, 0.29) is 18.1 Å². The first-order chi connectivity index (χ1) is 12.7. The molecule has 0 aliphatic carbocycles. The van der Waals surface area contributed by atoms with Crippen molar-refractivity contribution in [3.8, 4) is 11.4 Å². The molecule has 0 saturated heterocycles. The SMILES string of the molecule is O=C(CCc1nc(-c2cccnc2)no1)N1CCCc2cc(F)ccc21. The zero-order valence-corrected chi connectivity index (χ0v) is 14.1. The Labute approximate surface area is 149 Å². The number of amides is 1. The number of aromatic nitrogens is 3. The summed E-state index contributed by atoms with van der Waals surface area (Å²) in [6, 6.07) is 8.21. The first kappa shape index (κ1) is 16.4. The molecule has 1 aliphatic heterocycles. The van der Waals surface area contributed by atoms with Crippen molar-refractivity contribution in [2.75, 3.05) is 11.4 Å². The maximum atomic E-state index is 13.4. The van der Waals surface area contributed by atoms with Gasteiger partial charge in [-0.3, -0.25) is 9.78 Å². The van der Waals surface area contributed by atoms with Gasteiger partial charge in [-0.2, -0.15) is 4.98 Å². The van der Waals surface area contributed by atoms with E-state index in [1.54, 1.807) is 29.4 Å². The molecule has 0 N–H and O–H groups in total. The maximum absolute atomic E-state index is 13.4. The number of hydrogen-bond donors (Lipinski definition) is 0. The minimum atomic E-state index is -0.271. The lowest BCUT2D eigenvalue weighted by Crippen LogP contribution is -2.35. The van der Waals surface area contributed by atoms with Crippen LogP contribution in [0.1, 0.15) is 24.3 Å². The molecule has 1 amide bonds. The summed E-state index contributed by atoms with van der Waals surface area (Å²) < 4.78 is 18.6. The van der Waals surface area contributed by atoms with Crippen LogP contribution in [-0.4, -0.2) is 27.6 Å². The van der Waals surface area contributed by atoms with Crippen molar-refractivity contribution in [3.63, 3.8) is 0 Å². The molecule has 0 bridgehead atoms. The van der Waals surface area contributed by atoms with Crippen molar-refractivity contribution in [1.29, 1.82) is 0 Å². The molecule has 7 heteroatoms. The smallest absolute Gasteiger partial charge is 0.227 e. The summed E-state index contributed by atoms with van der Waals surface area (Å²) in [5.74, 6) is 0.568. The van der Waals surface area contributed by atoms with Gasteiger partial charge >= 0.3 is 0 Å². The molecule has 3 aromatic rings. The number of anilines is 1. The number of pyridine rings is 1. The summed E-state index contributed by atoms with van der Waals surface area (Å²) in [4.78, 5) is 22.7. The molecule has 0 saturated carbocycles. The van der Waals surface area contributed by atoms with E-state index < -0.39 is 0 Å². The molecule has 4 rings (SSSR count). The van der Waals surface area contributed by atoms with Gasteiger partial charge in [0.1, 0.15) is 5.82 Å². The number of fused-ring (bicyclic) bond motifs is 1. The van der Waals surface area contributed by atoms with Crippen LogP contribution < -0.4 is 4.90 Å². The molecule has 0 unspecified atom stereocenters. The van der Waals surface area contributed by atoms with Gasteiger partial charge in [0, 0.05) is 43.0 Å². The van der Waals surface area contributed by atoms with Crippen molar-refractivity contribution >= 4 is 11.6 Å². The molecule has 0 atom stereocenters. The average Bonchev–Trinajstić information content (AvgIpc) is 3.15. The van der Waals surface area contributed by atoms with Crippen molar-refractivity contribution < 1.29 is 13.7 Å². The Morgan fingerprint density at radius 3 is 3.08 bits per heavy atom. The Hall–Kier alpha value is -3.09. The quantitative estimate of drug-likeness (QED) is 0.721. The van der Waals surface area contributed by atoms with Crippen LogP contribution in [0.3, 0.4) is 0 Å². The van der Waals surface area contributed by atoms with E-state index >= 15 is 0 Å². The number of hydrogen-bond acceptors (Lipinski definition) is 5. The summed E-state index contributed by atoms with van der Waals surface area (Å²) in [6.07, 6.45) is 5.56. The van der Waals surface area contributed by atoms with Crippen LogP contribution in [0.4, 0.5) is 10.1 Å². The van der Waals surface area contributed by atoms with Gasteiger partial charge in [-0.25, -0.2) is 4.39 Å². The molecule has 0 radical (unpaired) electrons. The minimum absolute atomic E-state index is 0.0290. The highest BCUT2D eigenvalue weighted by Crippen LogP contribution is 2.28. The van der Waals surface area contributed by atoms with Crippen LogP contribution in [0.25, 0.3) is 11.4 Å². The lowest BCUT2D eigenvalue weighted by Gasteiger charge is -2.29. The largest absolute Gasteiger partial charge is 0.339 e. The normalized spacial score (nSPS) is 13.5. The predicted octanol–water partition coefficient (Wildman–Crippen LogP) is 3.18. The number of carbonyl (C=O) groups excluding carboxylic acids is 1. The van der Waals surface area contributed by atoms with Crippen molar-refractivity contribution in [3.05, 3.63) is 60.0 Å². The third-order valence-electron chi connectivity index (χ3n) is 4.40. The van der Waals surface area contributed by atoms with Crippen molar-refractivity contribution in [2.24, 2.45) is 0 Å². The second kappa shape index (κ2) is 7.03. The zero-order valence-electron chi connectivity index (χ0n) is 14.1. The number of aryl methyl sites for hydroxylation is 2. The summed E-state index contributed by atoms with van der Waals surface area (Å²) in [7, 11) is 0. The standard InChI is InChI=1S/C19H17FN4O2/c20-15-5-6-16-13(11-15)4-2-10-24(16)18(25)8-7-17-22-19(23-26-17)14-3-1-9-21-12-14/h1,3,5-6,9,11-12H,2,4,7-8,10H2. The molecule has 6 nitrogen and oxygen atoms in total. The fraction of sp³-hybridized carbons (Fsp3) is 0.263. The molecule has 0 fully saturated rings. The molecule has 1 aliphatic rings. The van der Waals surface area contributed by atoms with E-state index in [0.29, 0.717) is 24.7 Å². The Bertz CT molecular complexity index is 926. The van der Waals surface area contributed by atoms with Gasteiger partial charge in [0.05, 0.1) is 0 Å². The Kier molecular flexibility index (Phi) is 4.43. The van der Waals surface area contributed by atoms with Gasteiger partial charge in [0.2, 0.25) is 17.6 Å². The average molecular weight is 352 g/mol. The van der Waals surface area contributed by atoms with Gasteiger partial charge in [-0.05, 0) is 48.7 Å². The second-order valence-corrected chi connectivity index (χ2v) is 6.18. The van der Waals surface area contributed by atoms with Crippen LogP contribution in [0, 0.1) is 5.82 Å². The number of rotatable bonds is 4. The molecule has 3 heterocycles. The molecule has 26 heavy (non-hydrogen) atoms.